The Balaban J connectivity index is 1.31. The number of nitrogens with one attached hydrogen (secondary N) is 4. The Kier molecular flexibility index (Phi) is 17.6. The molecule has 2 unspecified atom stereocenters. The first-order chi connectivity index (χ1) is 32.7. The summed E-state index contributed by atoms with van der Waals surface area (Å²) in [5.41, 5.74) is -1.81. The summed E-state index contributed by atoms with van der Waals surface area (Å²) in [6.07, 6.45) is -8.94. The van der Waals surface area contributed by atoms with E-state index in [1.165, 1.54) is 48.5 Å². The summed E-state index contributed by atoms with van der Waals surface area (Å²) in [7, 11) is 0. The normalized spacial score (nSPS) is 12.7. The van der Waals surface area contributed by atoms with Crippen LogP contribution in [0.1, 0.15) is 70.7 Å². The van der Waals surface area contributed by atoms with E-state index in [9.17, 15) is 55.1 Å². The molecule has 366 valence electrons. The van der Waals surface area contributed by atoms with E-state index in [-0.39, 0.29) is 78.2 Å². The molecule has 0 bridgehead atoms. The lowest BCUT2D eigenvalue weighted by molar-refractivity contribution is -0.138. The van der Waals surface area contributed by atoms with Crippen LogP contribution in [0.3, 0.4) is 0 Å². The van der Waals surface area contributed by atoms with Gasteiger partial charge in [0.1, 0.15) is 0 Å². The van der Waals surface area contributed by atoms with Gasteiger partial charge >= 0.3 is 12.4 Å². The fourth-order valence-electron chi connectivity index (χ4n) is 6.38. The number of rotatable bonds is 16. The highest BCUT2D eigenvalue weighted by Crippen LogP contribution is 2.36. The predicted octanol–water partition coefficient (Wildman–Crippen LogP) is 13.3. The number of azo groups is 2. The molecular formula is C46H36Cl4F6N8O6. The Hall–Kier alpha value is -6.74. The van der Waals surface area contributed by atoms with E-state index < -0.39 is 70.8 Å². The fourth-order valence-corrected chi connectivity index (χ4v) is 7.31. The molecule has 0 saturated carbocycles. The van der Waals surface area contributed by atoms with E-state index in [1.807, 2.05) is 0 Å². The minimum atomic E-state index is -4.74. The van der Waals surface area contributed by atoms with E-state index in [2.05, 4.69) is 41.7 Å². The molecule has 0 spiro atoms. The van der Waals surface area contributed by atoms with Crippen molar-refractivity contribution in [2.24, 2.45) is 20.5 Å². The first-order valence-electron chi connectivity index (χ1n) is 20.3. The minimum absolute atomic E-state index is 0.0397. The molecular weight excluding hydrogens is 1020 g/mol. The minimum Gasteiger partial charge on any atom is -0.323 e. The second-order valence-electron chi connectivity index (χ2n) is 15.1. The number of carbonyl (C=O) groups is 6. The van der Waals surface area contributed by atoms with Gasteiger partial charge in [-0.25, -0.2) is 0 Å². The molecule has 0 fully saturated rings. The number of benzene rings is 5. The van der Waals surface area contributed by atoms with Crippen LogP contribution in [0.25, 0.3) is 0 Å². The van der Waals surface area contributed by atoms with Gasteiger partial charge in [0.15, 0.2) is 11.6 Å². The van der Waals surface area contributed by atoms with Crippen LogP contribution in [0, 0.1) is 0 Å². The SMILES string of the molecule is CCc1cc(NC(=O)C(N=Nc2cc(Cl)cc(C(=O)Nc3cc(Cl)cc(C(F)(F)F)c3)c2)C(C)=O)c(CC)cc1NC(=O)C(N=Nc1cc(Cl)cc(C(=O)Nc2cc(Cl)cc(C(F)(F)F)c2)c1)C(C)=O. The fraction of sp³-hybridized carbons (Fsp3) is 0.217. The number of Topliss-reactive ketones (excluding diaryl/α,β-unsaturated/α-hetero) is 2. The molecule has 0 heterocycles. The summed E-state index contributed by atoms with van der Waals surface area (Å²) in [5, 5.41) is 25.0. The molecule has 2 atom stereocenters. The van der Waals surface area contributed by atoms with Gasteiger partial charge < -0.3 is 21.3 Å². The molecule has 0 radical (unpaired) electrons. The summed E-state index contributed by atoms with van der Waals surface area (Å²) < 4.78 is 79.9. The maximum Gasteiger partial charge on any atom is 0.416 e. The number of nitrogens with zero attached hydrogens (tertiary/aromatic N) is 4. The van der Waals surface area contributed by atoms with Gasteiger partial charge in [-0.05, 0) is 123 Å². The average Bonchev–Trinajstić information content (AvgIpc) is 3.25. The van der Waals surface area contributed by atoms with Gasteiger partial charge in [-0.3, -0.25) is 28.8 Å². The van der Waals surface area contributed by atoms with Crippen LogP contribution in [0.5, 0.6) is 0 Å². The number of hydrogen-bond donors (Lipinski definition) is 4. The summed E-state index contributed by atoms with van der Waals surface area (Å²) in [5.74, 6) is -5.07. The second-order valence-corrected chi connectivity index (χ2v) is 16.8. The first kappa shape index (κ1) is 54.2. The van der Waals surface area contributed by atoms with Crippen molar-refractivity contribution in [3.8, 4) is 0 Å². The number of ketones is 2. The number of hydrogen-bond acceptors (Lipinski definition) is 10. The van der Waals surface area contributed by atoms with Crippen LogP contribution >= 0.6 is 46.4 Å². The molecule has 4 N–H and O–H groups in total. The van der Waals surface area contributed by atoms with E-state index in [0.717, 1.165) is 26.0 Å². The van der Waals surface area contributed by atoms with Crippen molar-refractivity contribution < 1.29 is 55.1 Å². The molecule has 24 heteroatoms. The van der Waals surface area contributed by atoms with Gasteiger partial charge in [0.25, 0.3) is 23.6 Å². The third-order valence-electron chi connectivity index (χ3n) is 9.71. The number of anilines is 4. The number of alkyl halides is 6. The zero-order valence-electron chi connectivity index (χ0n) is 36.7. The molecule has 4 amide bonds. The standard InChI is InChI=1S/C46H36Cl4F6N8O6/c1-5-23-11-38(60-44(70)40(22(4)66)64-62-36-10-26(8-30(48)20-36)42(68)58-34-16-28(46(54,55)56)14-32(50)18-34)24(6-2)12-37(23)59-43(69)39(21(3)65)63-61-35-9-25(7-29(47)19-35)41(67)57-33-15-27(45(51,52)53)13-31(49)17-33/h7-20,39-40H,5-6H2,1-4H3,(H,57,67)(H,58,68)(H,59,69)(H,60,70). The number of halogens is 10. The van der Waals surface area contributed by atoms with Crippen molar-refractivity contribution in [1.29, 1.82) is 0 Å². The monoisotopic (exact) mass is 1050 g/mol. The molecule has 0 saturated heterocycles. The third-order valence-corrected chi connectivity index (χ3v) is 10.6. The Labute approximate surface area is 414 Å². The van der Waals surface area contributed by atoms with Crippen LogP contribution < -0.4 is 21.3 Å². The summed E-state index contributed by atoms with van der Waals surface area (Å²) in [4.78, 5) is 78.7. The highest BCUT2D eigenvalue weighted by atomic mass is 35.5. The third kappa shape index (κ3) is 14.6. The summed E-state index contributed by atoms with van der Waals surface area (Å²) in [6, 6.07) is 11.9. The lowest BCUT2D eigenvalue weighted by Crippen LogP contribution is -2.33. The van der Waals surface area contributed by atoms with E-state index in [0.29, 0.717) is 35.4 Å². The van der Waals surface area contributed by atoms with Crippen molar-refractivity contribution in [1.82, 2.24) is 0 Å². The molecule has 5 aromatic carbocycles. The van der Waals surface area contributed by atoms with E-state index >= 15 is 0 Å². The maximum absolute atomic E-state index is 13.6. The lowest BCUT2D eigenvalue weighted by atomic mass is 10.0. The molecule has 14 nitrogen and oxygen atoms in total. The Morgan fingerprint density at radius 2 is 0.829 bits per heavy atom. The van der Waals surface area contributed by atoms with Crippen LogP contribution in [-0.4, -0.2) is 47.3 Å². The van der Waals surface area contributed by atoms with Crippen LogP contribution in [0.15, 0.2) is 105 Å². The topological polar surface area (TPSA) is 200 Å². The van der Waals surface area contributed by atoms with Crippen LogP contribution in [-0.2, 0) is 44.4 Å². The highest BCUT2D eigenvalue weighted by molar-refractivity contribution is 6.32. The van der Waals surface area contributed by atoms with Gasteiger partial charge in [0.2, 0.25) is 12.1 Å². The largest absolute Gasteiger partial charge is 0.416 e. The van der Waals surface area contributed by atoms with Gasteiger partial charge in [-0.1, -0.05) is 60.3 Å². The second kappa shape index (κ2) is 22.8. The highest BCUT2D eigenvalue weighted by Gasteiger charge is 2.33. The van der Waals surface area contributed by atoms with Gasteiger partial charge in [-0.2, -0.15) is 46.8 Å². The van der Waals surface area contributed by atoms with E-state index in [1.54, 1.807) is 13.8 Å². The zero-order chi connectivity index (χ0) is 51.8. The quantitative estimate of drug-likeness (QED) is 0.0430. The smallest absolute Gasteiger partial charge is 0.323 e. The van der Waals surface area contributed by atoms with Gasteiger partial charge in [-0.15, -0.1) is 0 Å². The molecule has 70 heavy (non-hydrogen) atoms. The summed E-state index contributed by atoms with van der Waals surface area (Å²) in [6.45, 7) is 5.64. The maximum atomic E-state index is 13.6. The number of aryl methyl sites for hydroxylation is 2. The summed E-state index contributed by atoms with van der Waals surface area (Å²) >= 11 is 24.1. The van der Waals surface area contributed by atoms with Crippen LogP contribution in [0.2, 0.25) is 20.1 Å². The number of carbonyl (C=O) groups excluding carboxylic acids is 6. The van der Waals surface area contributed by atoms with Crippen LogP contribution in [0.4, 0.5) is 60.5 Å². The average molecular weight is 1050 g/mol. The van der Waals surface area contributed by atoms with Gasteiger partial charge in [0, 0.05) is 54.0 Å². The lowest BCUT2D eigenvalue weighted by Gasteiger charge is -2.18. The van der Waals surface area contributed by atoms with Gasteiger partial charge in [0.05, 0.1) is 22.5 Å². The first-order valence-corrected chi connectivity index (χ1v) is 21.8. The molecule has 0 aliphatic rings. The molecule has 0 aliphatic carbocycles. The molecule has 5 aromatic rings. The predicted molar refractivity (Wildman–Crippen MR) is 252 cm³/mol. The van der Waals surface area contributed by atoms with Crippen molar-refractivity contribution in [3.63, 3.8) is 0 Å². The van der Waals surface area contributed by atoms with E-state index in [4.69, 9.17) is 46.4 Å². The number of amides is 4. The van der Waals surface area contributed by atoms with Crippen molar-refractivity contribution in [3.05, 3.63) is 138 Å². The molecule has 5 rings (SSSR count). The molecule has 0 aromatic heterocycles. The Morgan fingerprint density at radius 1 is 0.486 bits per heavy atom. The van der Waals surface area contributed by atoms with Crippen molar-refractivity contribution >= 4 is 116 Å². The molecule has 0 aliphatic heterocycles. The Morgan fingerprint density at radius 3 is 1.14 bits per heavy atom. The van der Waals surface area contributed by atoms with Crippen molar-refractivity contribution in [2.45, 2.75) is 65.0 Å². The zero-order valence-corrected chi connectivity index (χ0v) is 39.7. The Bertz CT molecular complexity index is 2770. The van der Waals surface area contributed by atoms with Crippen molar-refractivity contribution in [2.75, 3.05) is 21.3 Å².